The van der Waals surface area contributed by atoms with E-state index in [-0.39, 0.29) is 54.0 Å². The summed E-state index contributed by atoms with van der Waals surface area (Å²) in [5.74, 6) is -4.12. The summed E-state index contributed by atoms with van der Waals surface area (Å²) in [6.07, 6.45) is -4.88. The maximum Gasteiger partial charge on any atom is 3.00 e. The Hall–Kier alpha value is 0.678. The van der Waals surface area contributed by atoms with Crippen molar-refractivity contribution in [2.75, 3.05) is 0 Å². The smallest absolute Gasteiger partial charge is 0.547 e. The van der Waals surface area contributed by atoms with E-state index >= 15 is 0 Å². The first-order valence-corrected chi connectivity index (χ1v) is 2.24. The van der Waals surface area contributed by atoms with Gasteiger partial charge in [-0.25, -0.2) is 0 Å². The Bertz CT molecular complexity index is 144. The van der Waals surface area contributed by atoms with Crippen molar-refractivity contribution in [1.29, 1.82) is 0 Å². The van der Waals surface area contributed by atoms with Gasteiger partial charge in [-0.2, -0.15) is 0 Å². The second kappa shape index (κ2) is 8.28. The van der Waals surface area contributed by atoms with Crippen molar-refractivity contribution in [1.82, 2.24) is 0 Å². The minimum Gasteiger partial charge on any atom is -0.547 e. The van der Waals surface area contributed by atoms with Gasteiger partial charge in [-0.15, -0.1) is 0 Å². The van der Waals surface area contributed by atoms with Crippen LogP contribution in [-0.4, -0.2) is 58.8 Å². The van der Waals surface area contributed by atoms with Crippen LogP contribution in [0.3, 0.4) is 0 Å². The maximum absolute atomic E-state index is 9.63. The fraction of sp³-hybridized carbons (Fsp3) is 0.500. The zero-order valence-electron chi connectivity index (χ0n) is 6.13. The summed E-state index contributed by atoms with van der Waals surface area (Å²) >= 11 is 0. The van der Waals surface area contributed by atoms with Gasteiger partial charge in [0, 0.05) is 0 Å². The molecule has 0 fully saturated rings. The summed E-state index contributed by atoms with van der Waals surface area (Å²) < 4.78 is 0. The number of aliphatic carboxylic acids is 2. The van der Waals surface area contributed by atoms with E-state index in [0.29, 0.717) is 0 Å². The number of hydrogen-bond donors (Lipinski definition) is 2. The molecule has 2 radical (unpaired) electrons. The fourth-order valence-electron chi connectivity index (χ4n) is 0.258. The molecule has 0 amide bonds. The predicted octanol–water partition coefficient (Wildman–Crippen LogP) is -8.17. The fourth-order valence-corrected chi connectivity index (χ4v) is 0.258. The van der Waals surface area contributed by atoms with Crippen LogP contribution < -0.4 is 39.8 Å². The average Bonchev–Trinajstić information content (AvgIpc) is 1.84. The molecule has 60 valence electrons. The molecule has 2 unspecified atom stereocenters. The average molecular weight is 293 g/mol. The summed E-state index contributed by atoms with van der Waals surface area (Å²) in [4.78, 5) is 19.3. The first kappa shape index (κ1) is 18.5. The molecular weight excluding hydrogens is 289 g/mol. The van der Waals surface area contributed by atoms with Crippen LogP contribution in [0, 0.1) is 0 Å². The third kappa shape index (κ3) is 6.22. The topological polar surface area (TPSA) is 121 Å². The first-order valence-electron chi connectivity index (χ1n) is 2.24. The van der Waals surface area contributed by atoms with Gasteiger partial charge in [0.1, 0.15) is 12.2 Å². The van der Waals surface area contributed by atoms with Crippen molar-refractivity contribution >= 4 is 36.4 Å². The number of rotatable bonds is 3. The van der Waals surface area contributed by atoms with E-state index in [4.69, 9.17) is 10.2 Å². The van der Waals surface area contributed by atoms with Gasteiger partial charge >= 0.3 is 54.0 Å². The summed E-state index contributed by atoms with van der Waals surface area (Å²) in [7, 11) is 0. The normalized spacial score (nSPS) is 13.2. The molecular formula is C4H4NaO6Sb+2. The second-order valence-corrected chi connectivity index (χ2v) is 1.53. The number of aliphatic hydroxyl groups excluding tert-OH is 2. The van der Waals surface area contributed by atoms with Crippen LogP contribution in [0.25, 0.3) is 0 Å². The van der Waals surface area contributed by atoms with E-state index in [1.807, 2.05) is 0 Å². The quantitative estimate of drug-likeness (QED) is 0.498. The molecule has 2 atom stereocenters. The van der Waals surface area contributed by atoms with Gasteiger partial charge in [-0.05, 0) is 0 Å². The molecule has 0 rings (SSSR count). The zero-order chi connectivity index (χ0) is 8.31. The molecule has 12 heavy (non-hydrogen) atoms. The van der Waals surface area contributed by atoms with Crippen LogP contribution in [0.4, 0.5) is 0 Å². The minimum atomic E-state index is -2.44. The van der Waals surface area contributed by atoms with Crippen molar-refractivity contribution in [3.05, 3.63) is 0 Å². The maximum atomic E-state index is 9.63. The van der Waals surface area contributed by atoms with Crippen LogP contribution in [0.1, 0.15) is 0 Å². The summed E-state index contributed by atoms with van der Waals surface area (Å²) in [6, 6.07) is 0. The molecule has 0 aliphatic carbocycles. The predicted molar refractivity (Wildman–Crippen MR) is 27.8 cm³/mol. The molecule has 0 aliphatic heterocycles. The van der Waals surface area contributed by atoms with Crippen LogP contribution in [0.2, 0.25) is 0 Å². The van der Waals surface area contributed by atoms with Gasteiger partial charge in [0.2, 0.25) is 0 Å². The molecule has 8 heteroatoms. The van der Waals surface area contributed by atoms with Crippen molar-refractivity contribution in [2.24, 2.45) is 0 Å². The van der Waals surface area contributed by atoms with E-state index in [1.165, 1.54) is 0 Å². The molecule has 0 aromatic carbocycles. The molecule has 6 nitrogen and oxygen atoms in total. The van der Waals surface area contributed by atoms with E-state index in [0.717, 1.165) is 0 Å². The van der Waals surface area contributed by atoms with Gasteiger partial charge in [-0.3, -0.25) is 0 Å². The van der Waals surface area contributed by atoms with E-state index in [2.05, 4.69) is 0 Å². The largest absolute Gasteiger partial charge is 3.00 e. The molecule has 0 aromatic rings. The SMILES string of the molecule is O=C([O-])C(O)C(O)C(=O)[O-].[Na+].[Sb+3]. The van der Waals surface area contributed by atoms with E-state index < -0.39 is 24.1 Å². The first-order chi connectivity index (χ1) is 4.46. The number of carboxylic acids is 2. The number of aliphatic hydroxyl groups is 2. The third-order valence-electron chi connectivity index (χ3n) is 0.782. The molecule has 0 bridgehead atoms. The van der Waals surface area contributed by atoms with Crippen molar-refractivity contribution in [3.63, 3.8) is 0 Å². The van der Waals surface area contributed by atoms with Crippen LogP contribution >= 0.6 is 0 Å². The monoisotopic (exact) mass is 292 g/mol. The van der Waals surface area contributed by atoms with Crippen molar-refractivity contribution < 1.29 is 59.6 Å². The van der Waals surface area contributed by atoms with Crippen molar-refractivity contribution in [2.45, 2.75) is 12.2 Å². The molecule has 2 N–H and O–H groups in total. The van der Waals surface area contributed by atoms with Gasteiger partial charge in [0.05, 0.1) is 11.9 Å². The summed E-state index contributed by atoms with van der Waals surface area (Å²) in [5.41, 5.74) is 0. The van der Waals surface area contributed by atoms with Crippen molar-refractivity contribution in [3.8, 4) is 0 Å². The van der Waals surface area contributed by atoms with Crippen LogP contribution in [0.15, 0.2) is 0 Å². The Morgan fingerprint density at radius 1 is 1.00 bits per heavy atom. The molecule has 0 aromatic heterocycles. The molecule has 0 heterocycles. The summed E-state index contributed by atoms with van der Waals surface area (Å²) in [5, 5.41) is 35.7. The Labute approximate surface area is 107 Å². The second-order valence-electron chi connectivity index (χ2n) is 1.53. The number of carboxylic acid groups (broad SMARTS) is 2. The van der Waals surface area contributed by atoms with Gasteiger partial charge in [-0.1, -0.05) is 0 Å². The third-order valence-corrected chi connectivity index (χ3v) is 0.782. The molecule has 0 saturated heterocycles. The van der Waals surface area contributed by atoms with Crippen LogP contribution in [-0.2, 0) is 9.59 Å². The molecule has 0 aliphatic rings. The molecule has 0 spiro atoms. The standard InChI is InChI=1S/C4H6O6.Na.Sb/c5-1(3(7)8)2(6)4(9)10;;/h1-2,5-6H,(H,7,8)(H,9,10);;/q;+1;+3/p-2. The number of hydrogen-bond acceptors (Lipinski definition) is 6. The minimum absolute atomic E-state index is 0. The Morgan fingerprint density at radius 2 is 1.17 bits per heavy atom. The summed E-state index contributed by atoms with van der Waals surface area (Å²) in [6.45, 7) is 0. The number of carbonyl (C=O) groups excluding carboxylic acids is 2. The number of carbonyl (C=O) groups is 2. The molecule has 0 saturated carbocycles. The van der Waals surface area contributed by atoms with Gasteiger partial charge < -0.3 is 30.0 Å². The van der Waals surface area contributed by atoms with E-state index in [9.17, 15) is 19.8 Å². The Kier molecular flexibility index (Phi) is 12.7. The van der Waals surface area contributed by atoms with Gasteiger partial charge in [0.25, 0.3) is 0 Å². The van der Waals surface area contributed by atoms with Gasteiger partial charge in [0.15, 0.2) is 0 Å². The zero-order valence-corrected chi connectivity index (χ0v) is 10.7. The Balaban J connectivity index is -0.000000405. The van der Waals surface area contributed by atoms with E-state index in [1.54, 1.807) is 0 Å². The van der Waals surface area contributed by atoms with Crippen LogP contribution in [0.5, 0.6) is 0 Å². The Morgan fingerprint density at radius 3 is 1.25 bits per heavy atom.